The van der Waals surface area contributed by atoms with Crippen LogP contribution in [0.4, 0.5) is 0 Å². The molecule has 0 radical (unpaired) electrons. The number of aromatic nitrogens is 2. The van der Waals surface area contributed by atoms with Crippen LogP contribution < -0.4 is 5.32 Å². The van der Waals surface area contributed by atoms with E-state index in [0.717, 1.165) is 53.3 Å². The number of hydrogen-bond donors (Lipinski definition) is 1. The maximum absolute atomic E-state index is 6.41. The number of thiazole rings is 1. The Kier molecular flexibility index (Phi) is 6.34. The average molecular weight is 535 g/mol. The van der Waals surface area contributed by atoms with Crippen LogP contribution in [0.25, 0.3) is 44.3 Å². The van der Waals surface area contributed by atoms with Crippen molar-refractivity contribution in [2.24, 2.45) is 0 Å². The van der Waals surface area contributed by atoms with E-state index < -0.39 is 0 Å². The van der Waals surface area contributed by atoms with Crippen molar-refractivity contribution in [3.05, 3.63) is 81.4 Å². The lowest BCUT2D eigenvalue weighted by atomic mass is 9.91. The predicted octanol–water partition coefficient (Wildman–Crippen LogP) is 7.45. The largest absolute Gasteiger partial charge is 0.436 e. The van der Waals surface area contributed by atoms with Crippen molar-refractivity contribution < 1.29 is 4.42 Å². The number of aryl methyl sites for hydroxylation is 1. The molecule has 0 bridgehead atoms. The van der Waals surface area contributed by atoms with E-state index in [4.69, 9.17) is 14.4 Å². The van der Waals surface area contributed by atoms with Gasteiger partial charge in [0.1, 0.15) is 10.5 Å². The highest BCUT2D eigenvalue weighted by atomic mass is 32.1. The standard InChI is InChI=1S/C33H34N4OS/c1-20-16-23(19-37-14-4-5-15-37)17-29-31(20)38-32(35-29)26-10-6-8-24(21(26)2)25-9-7-11-27(22(25)3)33-36-28-12-13-34-18-30(28)39-33/h6-11,16-17,34H,4-5,12-15,18-19H2,1-3H3. The minimum atomic E-state index is 0.694. The zero-order chi connectivity index (χ0) is 26.5. The molecular formula is C33H34N4OS. The van der Waals surface area contributed by atoms with E-state index in [1.165, 1.54) is 69.9 Å². The fraction of sp³-hybridized carbons (Fsp3) is 0.333. The second-order valence-corrected chi connectivity index (χ2v) is 12.1. The molecule has 0 spiro atoms. The first-order valence-electron chi connectivity index (χ1n) is 14.1. The molecule has 6 heteroatoms. The Bertz CT molecular complexity index is 1670. The van der Waals surface area contributed by atoms with Crippen molar-refractivity contribution in [2.45, 2.75) is 53.1 Å². The molecule has 2 aromatic heterocycles. The number of oxazole rings is 1. The first-order valence-corrected chi connectivity index (χ1v) is 14.9. The molecule has 2 aliphatic rings. The molecule has 0 aliphatic carbocycles. The summed E-state index contributed by atoms with van der Waals surface area (Å²) in [7, 11) is 0. The molecule has 1 saturated heterocycles. The van der Waals surface area contributed by atoms with E-state index in [0.29, 0.717) is 5.89 Å². The molecule has 7 rings (SSSR count). The van der Waals surface area contributed by atoms with Crippen LogP contribution in [-0.2, 0) is 19.5 Å². The van der Waals surface area contributed by atoms with Gasteiger partial charge in [-0.25, -0.2) is 9.97 Å². The summed E-state index contributed by atoms with van der Waals surface area (Å²) in [5.74, 6) is 0.694. The molecule has 5 nitrogen and oxygen atoms in total. The third kappa shape index (κ3) is 4.50. The summed E-state index contributed by atoms with van der Waals surface area (Å²) in [6.45, 7) is 11.8. The quantitative estimate of drug-likeness (QED) is 0.254. The minimum Gasteiger partial charge on any atom is -0.436 e. The Balaban J connectivity index is 1.26. The van der Waals surface area contributed by atoms with Crippen molar-refractivity contribution in [3.63, 3.8) is 0 Å². The van der Waals surface area contributed by atoms with Gasteiger partial charge in [0.15, 0.2) is 5.58 Å². The normalized spacial score (nSPS) is 15.8. The zero-order valence-electron chi connectivity index (χ0n) is 22.9. The summed E-state index contributed by atoms with van der Waals surface area (Å²) in [4.78, 5) is 13.9. The number of hydrogen-bond acceptors (Lipinski definition) is 6. The second kappa shape index (κ2) is 10.0. The van der Waals surface area contributed by atoms with Gasteiger partial charge < -0.3 is 9.73 Å². The van der Waals surface area contributed by atoms with Crippen LogP contribution in [0, 0.1) is 20.8 Å². The number of rotatable bonds is 5. The molecule has 0 amide bonds. The molecule has 1 N–H and O–H groups in total. The molecule has 5 aromatic rings. The van der Waals surface area contributed by atoms with E-state index in [9.17, 15) is 0 Å². The highest BCUT2D eigenvalue weighted by Crippen LogP contribution is 2.39. The molecule has 0 unspecified atom stereocenters. The van der Waals surface area contributed by atoms with Crippen LogP contribution in [-0.4, -0.2) is 34.5 Å². The van der Waals surface area contributed by atoms with Crippen molar-refractivity contribution in [1.29, 1.82) is 0 Å². The van der Waals surface area contributed by atoms with Gasteiger partial charge in [0.05, 0.1) is 5.69 Å². The third-order valence-corrected chi connectivity index (χ3v) is 9.49. The van der Waals surface area contributed by atoms with E-state index in [1.54, 1.807) is 0 Å². The Labute approximate surface area is 233 Å². The number of nitrogens with zero attached hydrogens (tertiary/aromatic N) is 3. The van der Waals surface area contributed by atoms with Crippen molar-refractivity contribution in [2.75, 3.05) is 19.6 Å². The topological polar surface area (TPSA) is 54.2 Å². The van der Waals surface area contributed by atoms with Crippen LogP contribution in [0.1, 0.15) is 45.7 Å². The van der Waals surface area contributed by atoms with E-state index >= 15 is 0 Å². The molecule has 4 heterocycles. The van der Waals surface area contributed by atoms with E-state index in [1.807, 2.05) is 11.3 Å². The summed E-state index contributed by atoms with van der Waals surface area (Å²) in [6.07, 6.45) is 3.61. The van der Waals surface area contributed by atoms with Gasteiger partial charge in [0.25, 0.3) is 0 Å². The summed E-state index contributed by atoms with van der Waals surface area (Å²) >= 11 is 1.82. The fourth-order valence-corrected chi connectivity index (χ4v) is 7.40. The number of benzene rings is 3. The van der Waals surface area contributed by atoms with Crippen molar-refractivity contribution in [1.82, 2.24) is 20.2 Å². The van der Waals surface area contributed by atoms with Crippen molar-refractivity contribution >= 4 is 22.4 Å². The Morgan fingerprint density at radius 1 is 0.897 bits per heavy atom. The highest BCUT2D eigenvalue weighted by Gasteiger charge is 2.20. The second-order valence-electron chi connectivity index (χ2n) is 11.0. The van der Waals surface area contributed by atoms with Crippen LogP contribution in [0.5, 0.6) is 0 Å². The Hall–Kier alpha value is -3.32. The van der Waals surface area contributed by atoms with Crippen molar-refractivity contribution in [3.8, 4) is 33.2 Å². The maximum Gasteiger partial charge on any atom is 0.227 e. The summed E-state index contributed by atoms with van der Waals surface area (Å²) in [6, 6.07) is 17.5. The molecule has 39 heavy (non-hydrogen) atoms. The van der Waals surface area contributed by atoms with Gasteiger partial charge in [0.2, 0.25) is 5.89 Å². The zero-order valence-corrected chi connectivity index (χ0v) is 23.8. The summed E-state index contributed by atoms with van der Waals surface area (Å²) in [5.41, 5.74) is 12.7. The Morgan fingerprint density at radius 2 is 1.62 bits per heavy atom. The first-order chi connectivity index (χ1) is 19.0. The number of nitrogens with one attached hydrogen (secondary N) is 1. The molecule has 1 fully saturated rings. The number of fused-ring (bicyclic) bond motifs is 2. The minimum absolute atomic E-state index is 0.694. The SMILES string of the molecule is Cc1c(-c2nc3cc(CN4CCCC4)cc(C)c3o2)cccc1-c1cccc(-c2nc3c(s2)CNCC3)c1C. The van der Waals surface area contributed by atoms with Gasteiger partial charge in [-0.1, -0.05) is 36.4 Å². The third-order valence-electron chi connectivity index (χ3n) is 8.36. The van der Waals surface area contributed by atoms with Crippen LogP contribution in [0.2, 0.25) is 0 Å². The van der Waals surface area contributed by atoms with Crippen LogP contribution in [0.15, 0.2) is 52.9 Å². The lowest BCUT2D eigenvalue weighted by Crippen LogP contribution is -2.22. The first kappa shape index (κ1) is 24.7. The van der Waals surface area contributed by atoms with Gasteiger partial charge in [0, 0.05) is 42.1 Å². The highest BCUT2D eigenvalue weighted by molar-refractivity contribution is 7.15. The average Bonchev–Trinajstić information content (AvgIpc) is 3.69. The van der Waals surface area contributed by atoms with Gasteiger partial charge in [-0.05, 0) is 92.2 Å². The van der Waals surface area contributed by atoms with Crippen LogP contribution >= 0.6 is 11.3 Å². The van der Waals surface area contributed by atoms with E-state index in [-0.39, 0.29) is 0 Å². The molecule has 0 saturated carbocycles. The smallest absolute Gasteiger partial charge is 0.227 e. The molecular weight excluding hydrogens is 500 g/mol. The molecule has 2 aliphatic heterocycles. The van der Waals surface area contributed by atoms with Gasteiger partial charge in [-0.15, -0.1) is 11.3 Å². The number of likely N-dealkylation sites (tertiary alicyclic amines) is 1. The van der Waals surface area contributed by atoms with Crippen LogP contribution in [0.3, 0.4) is 0 Å². The monoisotopic (exact) mass is 534 g/mol. The lowest BCUT2D eigenvalue weighted by Gasteiger charge is -2.14. The van der Waals surface area contributed by atoms with Gasteiger partial charge >= 0.3 is 0 Å². The Morgan fingerprint density at radius 3 is 2.38 bits per heavy atom. The van der Waals surface area contributed by atoms with Gasteiger partial charge in [-0.2, -0.15) is 0 Å². The fourth-order valence-electron chi connectivity index (χ4n) is 6.24. The molecule has 3 aromatic carbocycles. The molecule has 198 valence electrons. The predicted molar refractivity (Wildman–Crippen MR) is 160 cm³/mol. The lowest BCUT2D eigenvalue weighted by molar-refractivity contribution is 0.331. The maximum atomic E-state index is 6.41. The molecule has 0 atom stereocenters. The van der Waals surface area contributed by atoms with E-state index in [2.05, 4.69) is 79.5 Å². The summed E-state index contributed by atoms with van der Waals surface area (Å²) in [5, 5.41) is 4.59. The van der Waals surface area contributed by atoms with Gasteiger partial charge in [-0.3, -0.25) is 4.90 Å². The summed E-state index contributed by atoms with van der Waals surface area (Å²) < 4.78 is 6.41.